The van der Waals surface area contributed by atoms with Gasteiger partial charge >= 0.3 is 6.18 Å². The largest absolute Gasteiger partial charge is 0.472 e. The Morgan fingerprint density at radius 2 is 1.94 bits per heavy atom. The fourth-order valence-corrected chi connectivity index (χ4v) is 3.96. The topological polar surface area (TPSA) is 58.5 Å². The van der Waals surface area contributed by atoms with E-state index < -0.39 is 11.7 Å². The van der Waals surface area contributed by atoms with Gasteiger partial charge in [-0.2, -0.15) is 13.2 Å². The Morgan fingerprint density at radius 3 is 2.62 bits per heavy atom. The minimum absolute atomic E-state index is 0.164. The zero-order valence-corrected chi connectivity index (χ0v) is 17.6. The summed E-state index contributed by atoms with van der Waals surface area (Å²) >= 11 is 0. The maximum Gasteiger partial charge on any atom is 0.417 e. The molecule has 0 saturated carbocycles. The molecule has 1 saturated heterocycles. The average Bonchev–Trinajstić information content (AvgIpc) is 3.26. The highest BCUT2D eigenvalue weighted by Crippen LogP contribution is 2.31. The van der Waals surface area contributed by atoms with E-state index in [0.29, 0.717) is 25.2 Å². The number of aryl methyl sites for hydroxylation is 1. The van der Waals surface area contributed by atoms with E-state index in [1.807, 2.05) is 30.3 Å². The summed E-state index contributed by atoms with van der Waals surface area (Å²) in [7, 11) is 0. The maximum atomic E-state index is 12.7. The Labute approximate surface area is 184 Å². The van der Waals surface area contributed by atoms with Gasteiger partial charge in [-0.15, -0.1) is 0 Å². The summed E-state index contributed by atoms with van der Waals surface area (Å²) in [4.78, 5) is 10.6. The molecule has 3 aromatic rings. The van der Waals surface area contributed by atoms with Gasteiger partial charge in [0.2, 0.25) is 5.88 Å². The summed E-state index contributed by atoms with van der Waals surface area (Å²) in [5.74, 6) is 0.164. The van der Waals surface area contributed by atoms with Crippen molar-refractivity contribution in [3.05, 3.63) is 71.5 Å². The number of nitrogens with zero attached hydrogens (tertiary/aromatic N) is 3. The molecule has 0 bridgehead atoms. The van der Waals surface area contributed by atoms with Crippen LogP contribution in [0.4, 0.5) is 18.9 Å². The number of rotatable bonds is 6. The van der Waals surface area contributed by atoms with Crippen LogP contribution in [0.3, 0.4) is 0 Å². The van der Waals surface area contributed by atoms with E-state index in [4.69, 9.17) is 9.72 Å². The van der Waals surface area contributed by atoms with E-state index in [0.717, 1.165) is 35.6 Å². The second-order valence-corrected chi connectivity index (χ2v) is 7.69. The number of aromatic nitrogens is 2. The smallest absolute Gasteiger partial charge is 0.417 e. The van der Waals surface area contributed by atoms with Gasteiger partial charge in [0.1, 0.15) is 6.10 Å². The molecule has 1 aromatic carbocycles. The SMILES string of the molecule is CCc1ccccc1-c1ccc(N2CCC(Oc3ccc(C(F)(F)F)cn3)C2)c(CO)n1. The number of halogens is 3. The van der Waals surface area contributed by atoms with Crippen molar-refractivity contribution in [2.75, 3.05) is 18.0 Å². The van der Waals surface area contributed by atoms with Crippen molar-refractivity contribution < 1.29 is 23.0 Å². The van der Waals surface area contributed by atoms with Crippen LogP contribution in [0.1, 0.15) is 30.2 Å². The zero-order chi connectivity index (χ0) is 22.7. The summed E-state index contributed by atoms with van der Waals surface area (Å²) in [6.45, 7) is 3.11. The van der Waals surface area contributed by atoms with Crippen molar-refractivity contribution in [1.82, 2.24) is 9.97 Å². The third-order valence-electron chi connectivity index (χ3n) is 5.61. The Hall–Kier alpha value is -3.13. The first kappa shape index (κ1) is 22.1. The number of hydrogen-bond acceptors (Lipinski definition) is 5. The molecule has 8 heteroatoms. The molecule has 4 rings (SSSR count). The maximum absolute atomic E-state index is 12.7. The Balaban J connectivity index is 1.48. The molecule has 1 aliphatic rings. The minimum atomic E-state index is -4.42. The van der Waals surface area contributed by atoms with E-state index in [2.05, 4.69) is 22.9 Å². The highest BCUT2D eigenvalue weighted by molar-refractivity contribution is 5.67. The van der Waals surface area contributed by atoms with Gasteiger partial charge in [0.05, 0.1) is 35.8 Å². The van der Waals surface area contributed by atoms with Crippen molar-refractivity contribution in [3.8, 4) is 17.1 Å². The normalized spacial score (nSPS) is 16.4. The van der Waals surface area contributed by atoms with Gasteiger partial charge in [0.25, 0.3) is 0 Å². The Bertz CT molecular complexity index is 1070. The molecular weight excluding hydrogens is 419 g/mol. The summed E-state index contributed by atoms with van der Waals surface area (Å²) in [6.07, 6.45) is -2.28. The predicted molar refractivity (Wildman–Crippen MR) is 115 cm³/mol. The van der Waals surface area contributed by atoms with E-state index >= 15 is 0 Å². The molecule has 3 heterocycles. The number of hydrogen-bond donors (Lipinski definition) is 1. The molecule has 0 radical (unpaired) electrons. The predicted octanol–water partition coefficient (Wildman–Crippen LogP) is 4.87. The number of aliphatic hydroxyl groups is 1. The quantitative estimate of drug-likeness (QED) is 0.589. The number of aliphatic hydroxyl groups excluding tert-OH is 1. The van der Waals surface area contributed by atoms with Gasteiger partial charge in [-0.05, 0) is 30.2 Å². The molecule has 5 nitrogen and oxygen atoms in total. The lowest BCUT2D eigenvalue weighted by atomic mass is 10.0. The van der Waals surface area contributed by atoms with Crippen molar-refractivity contribution in [2.45, 2.75) is 38.7 Å². The molecule has 1 fully saturated rings. The molecule has 0 amide bonds. The fraction of sp³-hybridized carbons (Fsp3) is 0.333. The second-order valence-electron chi connectivity index (χ2n) is 7.69. The van der Waals surface area contributed by atoms with Crippen molar-refractivity contribution in [2.24, 2.45) is 0 Å². The van der Waals surface area contributed by atoms with Crippen LogP contribution in [0.5, 0.6) is 5.88 Å². The molecule has 168 valence electrons. The Kier molecular flexibility index (Phi) is 6.32. The van der Waals surface area contributed by atoms with E-state index in [1.165, 1.54) is 11.6 Å². The van der Waals surface area contributed by atoms with Gasteiger partial charge < -0.3 is 14.7 Å². The van der Waals surface area contributed by atoms with Crippen LogP contribution in [-0.4, -0.2) is 34.3 Å². The van der Waals surface area contributed by atoms with Crippen molar-refractivity contribution in [1.29, 1.82) is 0 Å². The molecular formula is C24H24F3N3O2. The lowest BCUT2D eigenvalue weighted by Crippen LogP contribution is -2.26. The number of ether oxygens (including phenoxy) is 1. The molecule has 32 heavy (non-hydrogen) atoms. The van der Waals surface area contributed by atoms with Crippen LogP contribution in [0.25, 0.3) is 11.3 Å². The van der Waals surface area contributed by atoms with Gasteiger partial charge in [0, 0.05) is 30.8 Å². The third kappa shape index (κ3) is 4.70. The third-order valence-corrected chi connectivity index (χ3v) is 5.61. The zero-order valence-electron chi connectivity index (χ0n) is 17.6. The second kappa shape index (κ2) is 9.16. The molecule has 1 unspecified atom stereocenters. The van der Waals surface area contributed by atoms with Crippen LogP contribution in [0.2, 0.25) is 0 Å². The first-order chi connectivity index (χ1) is 15.4. The van der Waals surface area contributed by atoms with Crippen LogP contribution in [-0.2, 0) is 19.2 Å². The van der Waals surface area contributed by atoms with E-state index in [9.17, 15) is 18.3 Å². The van der Waals surface area contributed by atoms with Gasteiger partial charge in [-0.25, -0.2) is 9.97 Å². The molecule has 1 aliphatic heterocycles. The summed E-state index contributed by atoms with van der Waals surface area (Å²) in [5, 5.41) is 9.95. The van der Waals surface area contributed by atoms with Gasteiger partial charge in [-0.3, -0.25) is 0 Å². The van der Waals surface area contributed by atoms with Gasteiger partial charge in [0.15, 0.2) is 0 Å². The number of pyridine rings is 2. The van der Waals surface area contributed by atoms with E-state index in [1.54, 1.807) is 0 Å². The molecule has 0 spiro atoms. The highest BCUT2D eigenvalue weighted by atomic mass is 19.4. The van der Waals surface area contributed by atoms with Crippen molar-refractivity contribution in [3.63, 3.8) is 0 Å². The monoisotopic (exact) mass is 443 g/mol. The number of benzene rings is 1. The van der Waals surface area contributed by atoms with Crippen molar-refractivity contribution >= 4 is 5.69 Å². The Morgan fingerprint density at radius 1 is 1.12 bits per heavy atom. The summed E-state index contributed by atoms with van der Waals surface area (Å²) in [6, 6.07) is 14.2. The lowest BCUT2D eigenvalue weighted by molar-refractivity contribution is -0.137. The first-order valence-electron chi connectivity index (χ1n) is 10.5. The summed E-state index contributed by atoms with van der Waals surface area (Å²) in [5.41, 5.74) is 3.67. The number of alkyl halides is 3. The fourth-order valence-electron chi connectivity index (χ4n) is 3.96. The molecule has 2 aromatic heterocycles. The standard InChI is InChI=1S/C24H24F3N3O2/c1-2-16-5-3-4-6-19(16)20-8-9-22(21(15-31)29-20)30-12-11-18(14-30)32-23-10-7-17(13-28-23)24(25,26)27/h3-10,13,18,31H,2,11-12,14-15H2,1H3. The first-order valence-corrected chi connectivity index (χ1v) is 10.5. The molecule has 0 aliphatic carbocycles. The highest BCUT2D eigenvalue weighted by Gasteiger charge is 2.31. The van der Waals surface area contributed by atoms with Crippen LogP contribution in [0.15, 0.2) is 54.7 Å². The van der Waals surface area contributed by atoms with Gasteiger partial charge in [-0.1, -0.05) is 31.2 Å². The van der Waals surface area contributed by atoms with Crippen LogP contribution in [0, 0.1) is 0 Å². The average molecular weight is 443 g/mol. The van der Waals surface area contributed by atoms with E-state index in [-0.39, 0.29) is 18.6 Å². The van der Waals surface area contributed by atoms with Crippen LogP contribution < -0.4 is 9.64 Å². The molecule has 1 N–H and O–H groups in total. The number of anilines is 1. The summed E-state index contributed by atoms with van der Waals surface area (Å²) < 4.78 is 43.9. The lowest BCUT2D eigenvalue weighted by Gasteiger charge is -2.22. The minimum Gasteiger partial charge on any atom is -0.472 e. The molecule has 1 atom stereocenters. The van der Waals surface area contributed by atoms with Crippen LogP contribution >= 0.6 is 0 Å².